The highest BCUT2D eigenvalue weighted by atomic mass is 35.5. The van der Waals surface area contributed by atoms with Gasteiger partial charge in [0.1, 0.15) is 10.8 Å². The van der Waals surface area contributed by atoms with Crippen LogP contribution in [-0.4, -0.2) is 16.1 Å². The molecule has 2 aromatic carbocycles. The number of aryl methyl sites for hydroxylation is 1. The number of carbonyl (C=O) groups excluding carboxylic acids is 1. The minimum atomic E-state index is 0.326. The summed E-state index contributed by atoms with van der Waals surface area (Å²) in [7, 11) is 0. The zero-order valence-electron chi connectivity index (χ0n) is 11.5. The minimum Gasteiger partial charge on any atom is -0.298 e. The number of nitrogens with zero attached hydrogens (tertiary/aromatic N) is 2. The Balaban J connectivity index is 2.18. The Bertz CT molecular complexity index is 777. The van der Waals surface area contributed by atoms with Crippen molar-refractivity contribution in [3.05, 3.63) is 70.9 Å². The van der Waals surface area contributed by atoms with E-state index in [0.717, 1.165) is 23.1 Å². The lowest BCUT2D eigenvalue weighted by Gasteiger charge is -2.01. The van der Waals surface area contributed by atoms with Gasteiger partial charge in [-0.1, -0.05) is 59.6 Å². The summed E-state index contributed by atoms with van der Waals surface area (Å²) in [6.07, 6.45) is 0.754. The van der Waals surface area contributed by atoms with E-state index in [0.29, 0.717) is 16.4 Å². The fourth-order valence-corrected chi connectivity index (χ4v) is 2.45. The number of benzene rings is 2. The van der Waals surface area contributed by atoms with Gasteiger partial charge in [0.15, 0.2) is 6.29 Å². The number of hydrogen-bond donors (Lipinski definition) is 0. The molecule has 0 bridgehead atoms. The molecule has 0 aliphatic heterocycles. The topological polar surface area (TPSA) is 34.9 Å². The van der Waals surface area contributed by atoms with Crippen LogP contribution in [0, 0.1) is 6.92 Å². The highest BCUT2D eigenvalue weighted by Gasteiger charge is 2.18. The molecule has 0 aliphatic carbocycles. The Morgan fingerprint density at radius 2 is 1.71 bits per heavy atom. The number of hydrogen-bond acceptors (Lipinski definition) is 2. The molecule has 0 aliphatic rings. The van der Waals surface area contributed by atoms with Crippen LogP contribution in [0.4, 0.5) is 0 Å². The lowest BCUT2D eigenvalue weighted by molar-refractivity contribution is 0.112. The van der Waals surface area contributed by atoms with Crippen LogP contribution in [0.2, 0.25) is 5.15 Å². The van der Waals surface area contributed by atoms with E-state index in [1.165, 1.54) is 0 Å². The monoisotopic (exact) mass is 296 g/mol. The first-order valence-electron chi connectivity index (χ1n) is 6.57. The maximum atomic E-state index is 11.4. The normalized spacial score (nSPS) is 10.6. The van der Waals surface area contributed by atoms with Crippen molar-refractivity contribution in [2.24, 2.45) is 0 Å². The number of carbonyl (C=O) groups is 1. The zero-order valence-corrected chi connectivity index (χ0v) is 12.2. The quantitative estimate of drug-likeness (QED) is 0.675. The van der Waals surface area contributed by atoms with E-state index in [-0.39, 0.29) is 0 Å². The first-order valence-corrected chi connectivity index (χ1v) is 6.94. The molecule has 3 aromatic rings. The van der Waals surface area contributed by atoms with Gasteiger partial charge < -0.3 is 0 Å². The van der Waals surface area contributed by atoms with E-state index in [2.05, 4.69) is 5.10 Å². The molecule has 3 rings (SSSR count). The maximum absolute atomic E-state index is 11.4. The van der Waals surface area contributed by atoms with Crippen LogP contribution in [0.25, 0.3) is 16.9 Å². The van der Waals surface area contributed by atoms with Crippen molar-refractivity contribution in [3.63, 3.8) is 0 Å². The Morgan fingerprint density at radius 1 is 1.05 bits per heavy atom. The number of para-hydroxylation sites is 1. The van der Waals surface area contributed by atoms with E-state index < -0.39 is 0 Å². The van der Waals surface area contributed by atoms with Crippen molar-refractivity contribution in [1.29, 1.82) is 0 Å². The smallest absolute Gasteiger partial charge is 0.155 e. The molecule has 1 heterocycles. The molecule has 21 heavy (non-hydrogen) atoms. The lowest BCUT2D eigenvalue weighted by Crippen LogP contribution is -1.96. The fraction of sp³-hybridized carbons (Fsp3) is 0.0588. The number of aldehydes is 1. The molecular formula is C17H13ClN2O. The van der Waals surface area contributed by atoms with Crippen LogP contribution in [0.1, 0.15) is 15.9 Å². The third kappa shape index (κ3) is 2.48. The van der Waals surface area contributed by atoms with Gasteiger partial charge in [0, 0.05) is 5.56 Å². The SMILES string of the molecule is Cc1ccc(-c2nn(-c3ccccc3)c(Cl)c2C=O)cc1. The van der Waals surface area contributed by atoms with Crippen molar-refractivity contribution < 1.29 is 4.79 Å². The molecule has 0 fully saturated rings. The Hall–Kier alpha value is -2.39. The molecule has 0 atom stereocenters. The first-order chi connectivity index (χ1) is 10.2. The molecule has 0 N–H and O–H groups in total. The van der Waals surface area contributed by atoms with E-state index in [9.17, 15) is 4.79 Å². The van der Waals surface area contributed by atoms with Crippen molar-refractivity contribution >= 4 is 17.9 Å². The summed E-state index contributed by atoms with van der Waals surface area (Å²) in [5, 5.41) is 4.83. The summed E-state index contributed by atoms with van der Waals surface area (Å²) < 4.78 is 1.58. The molecule has 3 nitrogen and oxygen atoms in total. The van der Waals surface area contributed by atoms with Crippen molar-refractivity contribution in [2.45, 2.75) is 6.92 Å². The Labute approximate surface area is 127 Å². The summed E-state index contributed by atoms with van der Waals surface area (Å²) in [5.74, 6) is 0. The average Bonchev–Trinajstić information content (AvgIpc) is 2.85. The second-order valence-corrected chi connectivity index (χ2v) is 5.14. The van der Waals surface area contributed by atoms with Crippen LogP contribution >= 0.6 is 11.6 Å². The van der Waals surface area contributed by atoms with Crippen molar-refractivity contribution in [1.82, 2.24) is 9.78 Å². The summed E-state index contributed by atoms with van der Waals surface area (Å²) in [6, 6.07) is 17.4. The second kappa shape index (κ2) is 5.54. The molecular weight excluding hydrogens is 284 g/mol. The molecule has 0 spiro atoms. The highest BCUT2D eigenvalue weighted by Crippen LogP contribution is 2.29. The summed E-state index contributed by atoms with van der Waals surface area (Å²) >= 11 is 6.31. The average molecular weight is 297 g/mol. The fourth-order valence-electron chi connectivity index (χ4n) is 2.18. The molecule has 0 saturated carbocycles. The van der Waals surface area contributed by atoms with Gasteiger partial charge in [0.2, 0.25) is 0 Å². The van der Waals surface area contributed by atoms with E-state index in [4.69, 9.17) is 11.6 Å². The Kier molecular flexibility index (Phi) is 3.59. The minimum absolute atomic E-state index is 0.326. The molecule has 0 radical (unpaired) electrons. The number of halogens is 1. The van der Waals surface area contributed by atoms with Gasteiger partial charge in [-0.2, -0.15) is 5.10 Å². The van der Waals surface area contributed by atoms with E-state index in [1.54, 1.807) is 4.68 Å². The molecule has 104 valence electrons. The predicted octanol–water partition coefficient (Wildman–Crippen LogP) is 4.31. The van der Waals surface area contributed by atoms with Gasteiger partial charge in [0.25, 0.3) is 0 Å². The van der Waals surface area contributed by atoms with Gasteiger partial charge in [-0.05, 0) is 19.1 Å². The van der Waals surface area contributed by atoms with Crippen LogP contribution in [0.15, 0.2) is 54.6 Å². The van der Waals surface area contributed by atoms with Crippen LogP contribution in [0.3, 0.4) is 0 Å². The summed E-state index contributed by atoms with van der Waals surface area (Å²) in [4.78, 5) is 11.4. The van der Waals surface area contributed by atoms with E-state index >= 15 is 0 Å². The number of aromatic nitrogens is 2. The largest absolute Gasteiger partial charge is 0.298 e. The first kappa shape index (κ1) is 13.6. The number of rotatable bonds is 3. The molecule has 0 unspecified atom stereocenters. The van der Waals surface area contributed by atoms with Crippen molar-refractivity contribution in [3.8, 4) is 16.9 Å². The lowest BCUT2D eigenvalue weighted by atomic mass is 10.1. The second-order valence-electron chi connectivity index (χ2n) is 4.78. The van der Waals surface area contributed by atoms with Gasteiger partial charge in [-0.25, -0.2) is 4.68 Å². The third-order valence-corrected chi connectivity index (χ3v) is 3.67. The van der Waals surface area contributed by atoms with Crippen LogP contribution in [-0.2, 0) is 0 Å². The Morgan fingerprint density at radius 3 is 2.33 bits per heavy atom. The summed E-state index contributed by atoms with van der Waals surface area (Å²) in [5.41, 5.74) is 3.85. The van der Waals surface area contributed by atoms with Gasteiger partial charge in [-0.15, -0.1) is 0 Å². The summed E-state index contributed by atoms with van der Waals surface area (Å²) in [6.45, 7) is 2.01. The molecule has 1 aromatic heterocycles. The van der Waals surface area contributed by atoms with E-state index in [1.807, 2.05) is 61.5 Å². The molecule has 0 amide bonds. The molecule has 4 heteroatoms. The van der Waals surface area contributed by atoms with Crippen LogP contribution in [0.5, 0.6) is 0 Å². The van der Waals surface area contributed by atoms with Crippen molar-refractivity contribution in [2.75, 3.05) is 0 Å². The zero-order chi connectivity index (χ0) is 14.8. The van der Waals surface area contributed by atoms with Gasteiger partial charge in [-0.3, -0.25) is 4.79 Å². The van der Waals surface area contributed by atoms with Crippen LogP contribution < -0.4 is 0 Å². The van der Waals surface area contributed by atoms with Gasteiger partial charge >= 0.3 is 0 Å². The maximum Gasteiger partial charge on any atom is 0.155 e. The predicted molar refractivity (Wildman–Crippen MR) is 84.1 cm³/mol. The van der Waals surface area contributed by atoms with Gasteiger partial charge in [0.05, 0.1) is 11.3 Å². The molecule has 0 saturated heterocycles. The standard InChI is InChI=1S/C17H13ClN2O/c1-12-7-9-13(10-8-12)16-15(11-21)17(18)20(19-16)14-5-3-2-4-6-14/h2-11H,1H3. The highest BCUT2D eigenvalue weighted by molar-refractivity contribution is 6.32. The third-order valence-electron chi connectivity index (χ3n) is 3.31.